The van der Waals surface area contributed by atoms with Crippen LogP contribution in [0.4, 0.5) is 13.2 Å². The Morgan fingerprint density at radius 1 is 1.43 bits per heavy atom. The van der Waals surface area contributed by atoms with Crippen molar-refractivity contribution in [1.29, 1.82) is 0 Å². The summed E-state index contributed by atoms with van der Waals surface area (Å²) in [6, 6.07) is 0. The Bertz CT molecular complexity index is 48.6. The third-order valence-electron chi connectivity index (χ3n) is 0.349. The van der Waals surface area contributed by atoms with Gasteiger partial charge in [-0.3, -0.25) is 0 Å². The Balaban J connectivity index is 3.15. The second-order valence-electron chi connectivity index (χ2n) is 1.06. The first-order chi connectivity index (χ1) is 3.06. The average molecular weight is 112 g/mol. The van der Waals surface area contributed by atoms with Crippen LogP contribution in [0.25, 0.3) is 0 Å². The van der Waals surface area contributed by atoms with Crippen molar-refractivity contribution in [2.45, 2.75) is 12.6 Å². The molecule has 0 aliphatic heterocycles. The minimum Gasteiger partial charge on any atom is -0.326 e. The highest BCUT2D eigenvalue weighted by Crippen LogP contribution is 2.18. The van der Waals surface area contributed by atoms with E-state index in [9.17, 15) is 13.2 Å². The lowest BCUT2D eigenvalue weighted by Crippen LogP contribution is -2.09. The van der Waals surface area contributed by atoms with E-state index in [4.69, 9.17) is 0 Å². The number of nitrogens with two attached hydrogens (primary N) is 1. The zero-order valence-corrected chi connectivity index (χ0v) is 3.50. The quantitative estimate of drug-likeness (QED) is 0.539. The van der Waals surface area contributed by atoms with Crippen LogP contribution in [-0.2, 0) is 0 Å². The minimum atomic E-state index is -4.13. The monoisotopic (exact) mass is 112 g/mol. The van der Waals surface area contributed by atoms with Crippen LogP contribution in [-0.4, -0.2) is 6.18 Å². The molecule has 43 valence electrons. The average Bonchev–Trinajstić information content (AvgIpc) is 1.30. The maximum absolute atomic E-state index is 10.9. The highest BCUT2D eigenvalue weighted by atomic mass is 19.4. The van der Waals surface area contributed by atoms with Gasteiger partial charge >= 0.3 is 6.18 Å². The van der Waals surface area contributed by atoms with Crippen LogP contribution in [0.2, 0.25) is 0 Å². The first-order valence-corrected chi connectivity index (χ1v) is 1.66. The zero-order chi connectivity index (χ0) is 5.91. The molecule has 0 aliphatic carbocycles. The van der Waals surface area contributed by atoms with Crippen molar-refractivity contribution in [3.63, 3.8) is 0 Å². The summed E-state index contributed by atoms with van der Waals surface area (Å²) in [4.78, 5) is 0. The van der Waals surface area contributed by atoms with E-state index in [1.807, 2.05) is 0 Å². The molecule has 0 fully saturated rings. The summed E-state index contributed by atoms with van der Waals surface area (Å²) in [7, 11) is 0. The van der Waals surface area contributed by atoms with Gasteiger partial charge in [-0.25, -0.2) is 0 Å². The molecule has 0 rings (SSSR count). The Morgan fingerprint density at radius 3 is 1.86 bits per heavy atom. The number of halogens is 3. The summed E-state index contributed by atoms with van der Waals surface area (Å²) in [5.41, 5.74) is 4.47. The van der Waals surface area contributed by atoms with Gasteiger partial charge in [-0.15, -0.1) is 0 Å². The molecular weight excluding hydrogens is 107 g/mol. The molecule has 1 nitrogen and oxygen atoms in total. The summed E-state index contributed by atoms with van der Waals surface area (Å²) >= 11 is 0. The van der Waals surface area contributed by atoms with Crippen LogP contribution in [0, 0.1) is 6.54 Å². The van der Waals surface area contributed by atoms with Crippen LogP contribution in [0.1, 0.15) is 6.42 Å². The molecule has 0 aromatic rings. The second kappa shape index (κ2) is 2.16. The van der Waals surface area contributed by atoms with E-state index >= 15 is 0 Å². The smallest absolute Gasteiger partial charge is 0.326 e. The van der Waals surface area contributed by atoms with E-state index in [2.05, 4.69) is 5.73 Å². The van der Waals surface area contributed by atoms with E-state index in [0.29, 0.717) is 6.54 Å². The predicted octanol–water partition coefficient (Wildman–Crippen LogP) is 1.06. The van der Waals surface area contributed by atoms with E-state index in [1.54, 1.807) is 0 Å². The fraction of sp³-hybridized carbons (Fsp3) is 0.667. The van der Waals surface area contributed by atoms with Crippen LogP contribution >= 0.6 is 0 Å². The summed E-state index contributed by atoms with van der Waals surface area (Å²) in [6.45, 7) is 0.583. The van der Waals surface area contributed by atoms with E-state index in [-0.39, 0.29) is 0 Å². The molecule has 2 N–H and O–H groups in total. The Morgan fingerprint density at radius 2 is 1.86 bits per heavy atom. The van der Waals surface area contributed by atoms with Gasteiger partial charge in [0.1, 0.15) is 0 Å². The number of rotatable bonds is 1. The topological polar surface area (TPSA) is 26.0 Å². The maximum Gasteiger partial charge on any atom is 0.390 e. The van der Waals surface area contributed by atoms with Gasteiger partial charge in [0, 0.05) is 6.54 Å². The lowest BCUT2D eigenvalue weighted by Gasteiger charge is -1.99. The fourth-order valence-electron chi connectivity index (χ4n) is 0.134. The van der Waals surface area contributed by atoms with Crippen molar-refractivity contribution in [3.05, 3.63) is 6.54 Å². The molecule has 0 unspecified atom stereocenters. The van der Waals surface area contributed by atoms with Crippen molar-refractivity contribution in [2.24, 2.45) is 5.73 Å². The number of hydrogen-bond acceptors (Lipinski definition) is 1. The minimum absolute atomic E-state index is 0.583. The molecule has 0 saturated heterocycles. The van der Waals surface area contributed by atoms with Crippen molar-refractivity contribution in [3.8, 4) is 0 Å². The molecule has 1 radical (unpaired) electrons. The highest BCUT2D eigenvalue weighted by molar-refractivity contribution is 4.59. The third-order valence-corrected chi connectivity index (χ3v) is 0.349. The van der Waals surface area contributed by atoms with Gasteiger partial charge in [-0.1, -0.05) is 0 Å². The Hall–Kier alpha value is -0.250. The first-order valence-electron chi connectivity index (χ1n) is 1.66. The Kier molecular flexibility index (Phi) is 2.08. The van der Waals surface area contributed by atoms with Crippen molar-refractivity contribution < 1.29 is 13.2 Å². The molecule has 0 aliphatic rings. The first kappa shape index (κ1) is 6.75. The van der Waals surface area contributed by atoms with Crippen molar-refractivity contribution in [2.75, 3.05) is 0 Å². The molecule has 0 atom stereocenters. The molecule has 0 amide bonds. The summed E-state index contributed by atoms with van der Waals surface area (Å²) in [6.07, 6.45) is -5.14. The molecule has 0 heterocycles. The maximum atomic E-state index is 10.9. The third kappa shape index (κ3) is 5.75. The van der Waals surface area contributed by atoms with Gasteiger partial charge in [0.15, 0.2) is 0 Å². The largest absolute Gasteiger partial charge is 0.390 e. The molecular formula is C3H5F3N. The second-order valence-corrected chi connectivity index (χ2v) is 1.06. The standard InChI is InChI=1S/C3H5F3N/c4-3(5,6)1-2-7/h2H,1,7H2. The molecule has 0 bridgehead atoms. The van der Waals surface area contributed by atoms with Crippen LogP contribution < -0.4 is 5.73 Å². The lowest BCUT2D eigenvalue weighted by atomic mass is 10.4. The number of alkyl halides is 3. The molecule has 7 heavy (non-hydrogen) atoms. The highest BCUT2D eigenvalue weighted by Gasteiger charge is 2.25. The lowest BCUT2D eigenvalue weighted by molar-refractivity contribution is -0.128. The van der Waals surface area contributed by atoms with Gasteiger partial charge in [0.2, 0.25) is 0 Å². The Labute approximate surface area is 39.3 Å². The van der Waals surface area contributed by atoms with Crippen LogP contribution in [0.5, 0.6) is 0 Å². The fourth-order valence-corrected chi connectivity index (χ4v) is 0.134. The van der Waals surface area contributed by atoms with Crippen molar-refractivity contribution in [1.82, 2.24) is 0 Å². The molecule has 0 aromatic heterocycles. The van der Waals surface area contributed by atoms with Gasteiger partial charge in [0.05, 0.1) is 6.42 Å². The summed E-state index contributed by atoms with van der Waals surface area (Å²) in [5, 5.41) is 0. The predicted molar refractivity (Wildman–Crippen MR) is 19.2 cm³/mol. The SMILES string of the molecule is N[CH]CC(F)(F)F. The summed E-state index contributed by atoms with van der Waals surface area (Å²) in [5.74, 6) is 0. The molecule has 4 heteroatoms. The summed E-state index contributed by atoms with van der Waals surface area (Å²) < 4.78 is 32.8. The van der Waals surface area contributed by atoms with Gasteiger partial charge in [0.25, 0.3) is 0 Å². The number of hydrogen-bond donors (Lipinski definition) is 1. The van der Waals surface area contributed by atoms with E-state index in [1.165, 1.54) is 0 Å². The van der Waals surface area contributed by atoms with Gasteiger partial charge < -0.3 is 5.73 Å². The van der Waals surface area contributed by atoms with Crippen molar-refractivity contribution >= 4 is 0 Å². The van der Waals surface area contributed by atoms with Gasteiger partial charge in [-0.05, 0) is 0 Å². The van der Waals surface area contributed by atoms with E-state index < -0.39 is 12.6 Å². The molecule has 0 saturated carbocycles. The normalized spacial score (nSPS) is 12.0. The molecule has 0 spiro atoms. The zero-order valence-electron chi connectivity index (χ0n) is 3.50. The molecule has 0 aromatic carbocycles. The van der Waals surface area contributed by atoms with Crippen LogP contribution in [0.15, 0.2) is 0 Å². The van der Waals surface area contributed by atoms with Gasteiger partial charge in [-0.2, -0.15) is 13.2 Å². The van der Waals surface area contributed by atoms with Crippen LogP contribution in [0.3, 0.4) is 0 Å². The van der Waals surface area contributed by atoms with E-state index in [0.717, 1.165) is 0 Å².